The lowest BCUT2D eigenvalue weighted by molar-refractivity contribution is -0.125. The summed E-state index contributed by atoms with van der Waals surface area (Å²) in [5, 5.41) is 12.8. The molecule has 4 rings (SSSR count). The van der Waals surface area contributed by atoms with Gasteiger partial charge in [0.1, 0.15) is 11.2 Å². The molecule has 1 aliphatic rings. The first-order chi connectivity index (χ1) is 20.9. The van der Waals surface area contributed by atoms with E-state index in [2.05, 4.69) is 75.7 Å². The van der Waals surface area contributed by atoms with Gasteiger partial charge in [0.15, 0.2) is 0 Å². The Kier molecular flexibility index (Phi) is 13.1. The van der Waals surface area contributed by atoms with Crippen molar-refractivity contribution in [3.05, 3.63) is 101 Å². The van der Waals surface area contributed by atoms with E-state index in [1.807, 2.05) is 42.2 Å². The zero-order chi connectivity index (χ0) is 31.4. The van der Waals surface area contributed by atoms with Crippen LogP contribution in [-0.2, 0) is 4.79 Å². The Morgan fingerprint density at radius 1 is 1.16 bits per heavy atom. The Bertz CT molecular complexity index is 1510. The van der Waals surface area contributed by atoms with Crippen molar-refractivity contribution in [2.75, 3.05) is 13.7 Å². The second-order valence-electron chi connectivity index (χ2n) is 11.2. The molecule has 43 heavy (non-hydrogen) atoms. The van der Waals surface area contributed by atoms with Crippen LogP contribution in [0.5, 0.6) is 0 Å². The van der Waals surface area contributed by atoms with E-state index < -0.39 is 0 Å². The molecule has 1 aromatic heterocycles. The monoisotopic (exact) mass is 582 g/mol. The summed E-state index contributed by atoms with van der Waals surface area (Å²) < 4.78 is 6.04. The van der Waals surface area contributed by atoms with Crippen molar-refractivity contribution in [3.63, 3.8) is 0 Å². The van der Waals surface area contributed by atoms with E-state index in [1.165, 1.54) is 24.8 Å². The molecule has 230 valence electrons. The fourth-order valence-electron chi connectivity index (χ4n) is 5.59. The smallest absolute Gasteiger partial charge is 0.274 e. The van der Waals surface area contributed by atoms with Crippen LogP contribution < -0.4 is 5.32 Å². The number of furan rings is 1. The number of hydrogen-bond acceptors (Lipinski definition) is 4. The number of nitrogens with zero attached hydrogens (tertiary/aromatic N) is 1. The van der Waals surface area contributed by atoms with Gasteiger partial charge in [0.05, 0.1) is 12.2 Å². The molecule has 1 atom stereocenters. The number of allylic oxidation sites excluding steroid dienone is 4. The standard InChI is InChI=1S/C37H46N2O2.CH4O/c1-7-11-24-39(33(10-4)29(15-8-2)21-20-28-16-14-17-28)37(40)36(26(5)9-3)38-27(6)30-22-23-35-32(25-30)31-18-12-13-19-34(31)41-35;1-2/h10-13,18-19,21-23,25,27-28,38H,1,8-9,14-17,20,24H2,2-6H3;2H,1H3/b29-21+,33-10-,36-26-;. The maximum atomic E-state index is 14.4. The fraction of sp³-hybridized carbons (Fsp3) is 0.421. The Morgan fingerprint density at radius 2 is 1.88 bits per heavy atom. The van der Waals surface area contributed by atoms with Gasteiger partial charge in [0.25, 0.3) is 5.91 Å². The second-order valence-corrected chi connectivity index (χ2v) is 11.2. The van der Waals surface area contributed by atoms with Gasteiger partial charge in [0.2, 0.25) is 0 Å². The molecule has 1 aliphatic carbocycles. The van der Waals surface area contributed by atoms with Crippen LogP contribution in [-0.4, -0.2) is 29.6 Å². The van der Waals surface area contributed by atoms with E-state index in [1.54, 1.807) is 0 Å². The van der Waals surface area contributed by atoms with Crippen LogP contribution in [0.15, 0.2) is 100.0 Å². The number of carbonyl (C=O) groups excluding carboxylic acids is 1. The summed E-state index contributed by atoms with van der Waals surface area (Å²) in [4.78, 5) is 16.3. The van der Waals surface area contributed by atoms with Gasteiger partial charge in [-0.05, 0) is 86.9 Å². The highest BCUT2D eigenvalue weighted by atomic mass is 16.3. The number of aliphatic hydroxyl groups excluding tert-OH is 1. The summed E-state index contributed by atoms with van der Waals surface area (Å²) in [5.41, 5.74) is 9.69. The summed E-state index contributed by atoms with van der Waals surface area (Å²) in [6, 6.07) is 14.3. The highest BCUT2D eigenvalue weighted by Gasteiger charge is 2.26. The van der Waals surface area contributed by atoms with Gasteiger partial charge in [-0.1, -0.05) is 82.5 Å². The number of para-hydroxylation sites is 1. The Morgan fingerprint density at radius 3 is 2.51 bits per heavy atom. The third kappa shape index (κ3) is 8.19. The molecule has 1 saturated carbocycles. The molecule has 1 heterocycles. The maximum Gasteiger partial charge on any atom is 0.274 e. The molecule has 0 saturated heterocycles. The van der Waals surface area contributed by atoms with Crippen molar-refractivity contribution in [2.45, 2.75) is 85.6 Å². The van der Waals surface area contributed by atoms with E-state index in [0.717, 1.165) is 77.5 Å². The minimum absolute atomic E-state index is 0.0173. The Balaban J connectivity index is 0.00000248. The summed E-state index contributed by atoms with van der Waals surface area (Å²) in [5.74, 6) is 0.762. The minimum Gasteiger partial charge on any atom is -0.456 e. The zero-order valence-corrected chi connectivity index (χ0v) is 27.0. The van der Waals surface area contributed by atoms with Crippen LogP contribution in [0.4, 0.5) is 0 Å². The number of carbonyl (C=O) groups is 1. The van der Waals surface area contributed by atoms with Gasteiger partial charge in [-0.15, -0.1) is 5.73 Å². The molecular formula is C38H50N2O3. The molecule has 3 aromatic rings. The van der Waals surface area contributed by atoms with Crippen molar-refractivity contribution in [1.29, 1.82) is 0 Å². The summed E-state index contributed by atoms with van der Waals surface area (Å²) in [7, 11) is 1.00. The van der Waals surface area contributed by atoms with Crippen LogP contribution in [0.2, 0.25) is 0 Å². The van der Waals surface area contributed by atoms with E-state index in [-0.39, 0.29) is 11.9 Å². The van der Waals surface area contributed by atoms with E-state index in [4.69, 9.17) is 9.52 Å². The van der Waals surface area contributed by atoms with Crippen LogP contribution in [0.25, 0.3) is 21.9 Å². The molecule has 5 heteroatoms. The van der Waals surface area contributed by atoms with E-state index >= 15 is 0 Å². The summed E-state index contributed by atoms with van der Waals surface area (Å²) in [6.07, 6.45) is 14.1. The summed E-state index contributed by atoms with van der Waals surface area (Å²) in [6.45, 7) is 14.7. The van der Waals surface area contributed by atoms with Gasteiger partial charge >= 0.3 is 0 Å². The van der Waals surface area contributed by atoms with Crippen molar-refractivity contribution in [2.24, 2.45) is 5.92 Å². The molecule has 0 spiro atoms. The van der Waals surface area contributed by atoms with Crippen LogP contribution >= 0.6 is 0 Å². The highest BCUT2D eigenvalue weighted by Crippen LogP contribution is 2.33. The first kappa shape index (κ1) is 33.7. The van der Waals surface area contributed by atoms with Crippen molar-refractivity contribution < 1.29 is 14.3 Å². The van der Waals surface area contributed by atoms with Crippen molar-refractivity contribution in [1.82, 2.24) is 10.2 Å². The number of nitrogens with one attached hydrogen (secondary N) is 1. The third-order valence-corrected chi connectivity index (χ3v) is 8.43. The molecule has 1 fully saturated rings. The lowest BCUT2D eigenvalue weighted by atomic mass is 9.82. The quantitative estimate of drug-likeness (QED) is 0.120. The number of aliphatic hydroxyl groups is 1. The third-order valence-electron chi connectivity index (χ3n) is 8.43. The number of benzene rings is 2. The zero-order valence-electron chi connectivity index (χ0n) is 27.0. The molecule has 1 unspecified atom stereocenters. The van der Waals surface area contributed by atoms with Gasteiger partial charge in [-0.25, -0.2) is 0 Å². The molecule has 2 N–H and O–H groups in total. The van der Waals surface area contributed by atoms with Gasteiger partial charge in [0, 0.05) is 29.6 Å². The maximum absolute atomic E-state index is 14.4. The second kappa shape index (κ2) is 16.7. The lowest BCUT2D eigenvalue weighted by Gasteiger charge is -2.30. The van der Waals surface area contributed by atoms with Crippen LogP contribution in [0, 0.1) is 5.92 Å². The van der Waals surface area contributed by atoms with E-state index in [9.17, 15) is 4.79 Å². The van der Waals surface area contributed by atoms with Crippen LogP contribution in [0.3, 0.4) is 0 Å². The average Bonchev–Trinajstić information content (AvgIpc) is 3.39. The van der Waals surface area contributed by atoms with E-state index in [0.29, 0.717) is 12.2 Å². The molecule has 1 amide bonds. The first-order valence-electron chi connectivity index (χ1n) is 15.8. The highest BCUT2D eigenvalue weighted by molar-refractivity contribution is 6.05. The number of amides is 1. The molecule has 2 aromatic carbocycles. The summed E-state index contributed by atoms with van der Waals surface area (Å²) >= 11 is 0. The normalized spacial score (nSPS) is 15.1. The van der Waals surface area contributed by atoms with Gasteiger partial charge < -0.3 is 19.7 Å². The number of hydrogen-bond donors (Lipinski definition) is 2. The minimum atomic E-state index is -0.0800. The molecule has 5 nitrogen and oxygen atoms in total. The Hall–Kier alpha value is -3.79. The molecular weight excluding hydrogens is 532 g/mol. The molecule has 0 aliphatic heterocycles. The fourth-order valence-corrected chi connectivity index (χ4v) is 5.59. The number of rotatable bonds is 13. The van der Waals surface area contributed by atoms with Crippen molar-refractivity contribution >= 4 is 27.8 Å². The van der Waals surface area contributed by atoms with Gasteiger partial charge in [-0.2, -0.15) is 0 Å². The largest absolute Gasteiger partial charge is 0.456 e. The first-order valence-corrected chi connectivity index (χ1v) is 15.8. The number of fused-ring (bicyclic) bond motifs is 3. The SMILES string of the molecule is C=C=CCN(C(=O)/C(NC(C)c1ccc2oc3ccccc3c2c1)=C(\C)CC)C(=C\C)/C(=C/CC1CCC1)CCC.CO. The average molecular weight is 583 g/mol. The predicted octanol–water partition coefficient (Wildman–Crippen LogP) is 9.52. The molecule has 0 radical (unpaired) electrons. The van der Waals surface area contributed by atoms with Crippen LogP contribution in [0.1, 0.15) is 91.2 Å². The topological polar surface area (TPSA) is 65.7 Å². The lowest BCUT2D eigenvalue weighted by Crippen LogP contribution is -2.38. The van der Waals surface area contributed by atoms with Crippen molar-refractivity contribution in [3.8, 4) is 0 Å². The molecule has 0 bridgehead atoms. The van der Waals surface area contributed by atoms with Gasteiger partial charge in [-0.3, -0.25) is 4.79 Å². The predicted molar refractivity (Wildman–Crippen MR) is 181 cm³/mol. The Labute approximate surface area is 258 Å².